The van der Waals surface area contributed by atoms with Crippen molar-refractivity contribution < 1.29 is 14.3 Å². The zero-order valence-electron chi connectivity index (χ0n) is 13.4. The van der Waals surface area contributed by atoms with Gasteiger partial charge < -0.3 is 14.5 Å². The normalized spacial score (nSPS) is 11.3. The number of furan rings is 1. The topological polar surface area (TPSA) is 96.2 Å². The van der Waals surface area contributed by atoms with E-state index in [9.17, 15) is 9.59 Å². The lowest BCUT2D eigenvalue weighted by molar-refractivity contribution is 0.0661. The zero-order valence-corrected chi connectivity index (χ0v) is 15.9. The number of aromatic nitrogens is 2. The predicted molar refractivity (Wildman–Crippen MR) is 104 cm³/mol. The molecular weight excluding hydrogens is 392 g/mol. The number of rotatable bonds is 5. The van der Waals surface area contributed by atoms with Gasteiger partial charge in [-0.2, -0.15) is 0 Å². The Morgan fingerprint density at radius 3 is 2.92 bits per heavy atom. The third-order valence-electron chi connectivity index (χ3n) is 3.71. The van der Waals surface area contributed by atoms with Crippen LogP contribution in [0.4, 0.5) is 0 Å². The Balaban J connectivity index is 1.65. The number of nitrogens with zero attached hydrogens (tertiary/aromatic N) is 1. The molecule has 4 rings (SSSR count). The van der Waals surface area contributed by atoms with E-state index in [1.807, 2.05) is 24.4 Å². The Morgan fingerprint density at radius 2 is 2.23 bits per heavy atom. The Morgan fingerprint density at radius 1 is 1.38 bits per heavy atom. The van der Waals surface area contributed by atoms with Gasteiger partial charge in [0.05, 0.1) is 11.1 Å². The third-order valence-corrected chi connectivity index (χ3v) is 6.49. The van der Waals surface area contributed by atoms with E-state index in [-0.39, 0.29) is 11.3 Å². The van der Waals surface area contributed by atoms with Crippen LogP contribution >= 0.6 is 34.4 Å². The highest BCUT2D eigenvalue weighted by Crippen LogP contribution is 2.38. The lowest BCUT2D eigenvalue weighted by atomic mass is 10.1. The number of aromatic carboxylic acids is 1. The number of hydrogen-bond acceptors (Lipinski definition) is 7. The van der Waals surface area contributed by atoms with E-state index in [2.05, 4.69) is 9.97 Å². The first-order valence-electron chi connectivity index (χ1n) is 7.55. The van der Waals surface area contributed by atoms with Crippen molar-refractivity contribution >= 4 is 50.6 Å². The molecule has 0 amide bonds. The zero-order chi connectivity index (χ0) is 18.3. The first kappa shape index (κ1) is 17.1. The number of thioether (sulfide) groups is 1. The second-order valence-electron chi connectivity index (χ2n) is 5.42. The lowest BCUT2D eigenvalue weighted by Crippen LogP contribution is -2.08. The molecule has 0 bridgehead atoms. The molecule has 0 spiro atoms. The van der Waals surface area contributed by atoms with Crippen molar-refractivity contribution in [1.82, 2.24) is 9.97 Å². The first-order valence-corrected chi connectivity index (χ1v) is 10.2. The number of carbonyl (C=O) groups is 1. The number of H-pyrrole nitrogens is 1. The summed E-state index contributed by atoms with van der Waals surface area (Å²) in [6.45, 7) is 1.99. The van der Waals surface area contributed by atoms with Crippen molar-refractivity contribution in [1.29, 1.82) is 0 Å². The van der Waals surface area contributed by atoms with Crippen molar-refractivity contribution in [3.63, 3.8) is 0 Å². The number of hydrogen-bond donors (Lipinski definition) is 2. The fourth-order valence-corrected chi connectivity index (χ4v) is 5.34. The standard InChI is InChI=1S/C17H12N2O4S3/c1-8-12(11-3-2-6-24-11)13-14(20)18-17(19-15(13)26-8)25-7-9-4-5-10(23-9)16(21)22/h2-6H,7H2,1H3,(H,21,22)(H,18,19,20). The molecule has 0 aliphatic rings. The van der Waals surface area contributed by atoms with Crippen molar-refractivity contribution in [2.75, 3.05) is 0 Å². The molecule has 0 atom stereocenters. The van der Waals surface area contributed by atoms with Crippen molar-refractivity contribution in [2.24, 2.45) is 0 Å². The number of aromatic amines is 1. The summed E-state index contributed by atoms with van der Waals surface area (Å²) in [6, 6.07) is 6.98. The lowest BCUT2D eigenvalue weighted by Gasteiger charge is -2.00. The molecule has 2 N–H and O–H groups in total. The predicted octanol–water partition coefficient (Wildman–Crippen LogP) is 4.61. The molecule has 4 aromatic rings. The summed E-state index contributed by atoms with van der Waals surface area (Å²) in [5, 5.41) is 12.0. The molecule has 0 unspecified atom stereocenters. The summed E-state index contributed by atoms with van der Waals surface area (Å²) in [5.41, 5.74) is 0.776. The van der Waals surface area contributed by atoms with Gasteiger partial charge in [-0.25, -0.2) is 9.78 Å². The summed E-state index contributed by atoms with van der Waals surface area (Å²) >= 11 is 4.39. The Labute approximate surface area is 159 Å². The Kier molecular flexibility index (Phi) is 4.43. The molecule has 0 fully saturated rings. The number of carboxylic acid groups (broad SMARTS) is 1. The minimum Gasteiger partial charge on any atom is -0.475 e. The maximum atomic E-state index is 12.6. The van der Waals surface area contributed by atoms with Gasteiger partial charge >= 0.3 is 5.97 Å². The molecule has 26 heavy (non-hydrogen) atoms. The Hall–Kier alpha value is -2.36. The fraction of sp³-hybridized carbons (Fsp3) is 0.118. The van der Waals surface area contributed by atoms with E-state index in [0.29, 0.717) is 26.9 Å². The highest BCUT2D eigenvalue weighted by atomic mass is 32.2. The Bertz CT molecular complexity index is 1150. The van der Waals surface area contributed by atoms with Gasteiger partial charge in [-0.3, -0.25) is 4.79 Å². The smallest absolute Gasteiger partial charge is 0.371 e. The number of thiophene rings is 2. The van der Waals surface area contributed by atoms with Crippen LogP contribution in [-0.4, -0.2) is 21.0 Å². The average Bonchev–Trinajstić information content (AvgIpc) is 3.32. The highest BCUT2D eigenvalue weighted by molar-refractivity contribution is 7.98. The molecule has 0 saturated heterocycles. The monoisotopic (exact) mass is 404 g/mol. The summed E-state index contributed by atoms with van der Waals surface area (Å²) < 4.78 is 5.22. The van der Waals surface area contributed by atoms with E-state index in [1.165, 1.54) is 29.2 Å². The average molecular weight is 404 g/mol. The molecule has 132 valence electrons. The molecular formula is C17H12N2O4S3. The van der Waals surface area contributed by atoms with Crippen molar-refractivity contribution in [3.8, 4) is 10.4 Å². The molecule has 9 heteroatoms. The summed E-state index contributed by atoms with van der Waals surface area (Å²) in [7, 11) is 0. The molecule has 6 nitrogen and oxygen atoms in total. The number of fused-ring (bicyclic) bond motifs is 1. The molecule has 4 heterocycles. The third kappa shape index (κ3) is 3.09. The highest BCUT2D eigenvalue weighted by Gasteiger charge is 2.17. The first-order chi connectivity index (χ1) is 12.5. The maximum Gasteiger partial charge on any atom is 0.371 e. The summed E-state index contributed by atoms with van der Waals surface area (Å²) in [4.78, 5) is 33.7. The largest absolute Gasteiger partial charge is 0.475 e. The van der Waals surface area contributed by atoms with E-state index >= 15 is 0 Å². The number of aryl methyl sites for hydroxylation is 1. The second kappa shape index (κ2) is 6.75. The molecule has 0 aromatic carbocycles. The van der Waals surface area contributed by atoms with Crippen LogP contribution in [0.5, 0.6) is 0 Å². The summed E-state index contributed by atoms with van der Waals surface area (Å²) in [5.74, 6) is -0.322. The van der Waals surface area contributed by atoms with Crippen molar-refractivity contribution in [3.05, 3.63) is 56.4 Å². The van der Waals surface area contributed by atoms with Crippen LogP contribution in [-0.2, 0) is 5.75 Å². The van der Waals surface area contributed by atoms with Crippen LogP contribution in [0.15, 0.2) is 44.0 Å². The SMILES string of the molecule is Cc1sc2nc(SCc3ccc(C(=O)O)o3)[nH]c(=O)c2c1-c1cccs1. The van der Waals surface area contributed by atoms with E-state index in [4.69, 9.17) is 9.52 Å². The van der Waals surface area contributed by atoms with Crippen LogP contribution in [0.1, 0.15) is 21.2 Å². The van der Waals surface area contributed by atoms with Crippen LogP contribution in [0.25, 0.3) is 20.7 Å². The number of carboxylic acids is 1. The molecule has 0 radical (unpaired) electrons. The van der Waals surface area contributed by atoms with Gasteiger partial charge in [-0.1, -0.05) is 17.8 Å². The summed E-state index contributed by atoms with van der Waals surface area (Å²) in [6.07, 6.45) is 0. The minimum absolute atomic E-state index is 0.105. The van der Waals surface area contributed by atoms with Gasteiger partial charge in [0.1, 0.15) is 10.6 Å². The van der Waals surface area contributed by atoms with E-state index < -0.39 is 5.97 Å². The van der Waals surface area contributed by atoms with Gasteiger partial charge in [0.2, 0.25) is 5.76 Å². The van der Waals surface area contributed by atoms with Crippen LogP contribution in [0, 0.1) is 6.92 Å². The maximum absolute atomic E-state index is 12.6. The quantitative estimate of drug-likeness (QED) is 0.373. The van der Waals surface area contributed by atoms with Crippen LogP contribution in [0.2, 0.25) is 0 Å². The van der Waals surface area contributed by atoms with E-state index in [1.54, 1.807) is 17.4 Å². The van der Waals surface area contributed by atoms with Gasteiger partial charge in [-0.15, -0.1) is 22.7 Å². The van der Waals surface area contributed by atoms with Crippen molar-refractivity contribution in [2.45, 2.75) is 17.8 Å². The molecule has 0 saturated carbocycles. The van der Waals surface area contributed by atoms with Crippen LogP contribution < -0.4 is 5.56 Å². The van der Waals surface area contributed by atoms with E-state index in [0.717, 1.165) is 15.3 Å². The van der Waals surface area contributed by atoms with Crippen LogP contribution in [0.3, 0.4) is 0 Å². The number of nitrogens with one attached hydrogen (secondary N) is 1. The van der Waals surface area contributed by atoms with Gasteiger partial charge in [0, 0.05) is 15.3 Å². The van der Waals surface area contributed by atoms with Gasteiger partial charge in [0.25, 0.3) is 5.56 Å². The second-order valence-corrected chi connectivity index (χ2v) is 8.54. The molecule has 0 aliphatic carbocycles. The van der Waals surface area contributed by atoms with Gasteiger partial charge in [0.15, 0.2) is 5.16 Å². The fourth-order valence-electron chi connectivity index (χ4n) is 2.59. The molecule has 4 aromatic heterocycles. The van der Waals surface area contributed by atoms with Gasteiger partial charge in [-0.05, 0) is 30.5 Å². The molecule has 0 aliphatic heterocycles. The minimum atomic E-state index is -1.11.